The molecule has 1 heterocycles. The number of benzene rings is 1. The predicted molar refractivity (Wildman–Crippen MR) is 72.6 cm³/mol. The van der Waals surface area contributed by atoms with Crippen LogP contribution in [0.2, 0.25) is 0 Å². The minimum Gasteiger partial charge on any atom is -0.504 e. The molecule has 0 bridgehead atoms. The number of piperazine rings is 1. The standard InChI is InChI=1S/C14H20N2O3/c1-10-8-15(2)5-6-16(10)9-14(19)11-3-4-12(17)13(18)7-11/h3-4,7,10,17-18H,5-6,8-9H2,1-2H3. The van der Waals surface area contributed by atoms with Gasteiger partial charge in [-0.15, -0.1) is 0 Å². The van der Waals surface area contributed by atoms with Crippen LogP contribution >= 0.6 is 0 Å². The van der Waals surface area contributed by atoms with Crippen molar-refractivity contribution in [2.24, 2.45) is 0 Å². The lowest BCUT2D eigenvalue weighted by atomic mass is 10.1. The lowest BCUT2D eigenvalue weighted by Gasteiger charge is -2.37. The fourth-order valence-electron chi connectivity index (χ4n) is 2.38. The average molecular weight is 264 g/mol. The summed E-state index contributed by atoms with van der Waals surface area (Å²) in [5.74, 6) is -0.492. The molecular weight excluding hydrogens is 244 g/mol. The van der Waals surface area contributed by atoms with Gasteiger partial charge in [0.15, 0.2) is 17.3 Å². The summed E-state index contributed by atoms with van der Waals surface area (Å²) < 4.78 is 0. The number of phenols is 2. The highest BCUT2D eigenvalue weighted by atomic mass is 16.3. The van der Waals surface area contributed by atoms with Gasteiger partial charge in [0.2, 0.25) is 0 Å². The van der Waals surface area contributed by atoms with Crippen molar-refractivity contribution >= 4 is 5.78 Å². The number of carbonyl (C=O) groups excluding carboxylic acids is 1. The average Bonchev–Trinajstić information content (AvgIpc) is 2.36. The van der Waals surface area contributed by atoms with Crippen molar-refractivity contribution in [2.45, 2.75) is 13.0 Å². The molecule has 1 unspecified atom stereocenters. The number of nitrogens with zero attached hydrogens (tertiary/aromatic N) is 2. The molecule has 1 fully saturated rings. The summed E-state index contributed by atoms with van der Waals surface area (Å²) in [7, 11) is 2.08. The Hall–Kier alpha value is -1.59. The van der Waals surface area contributed by atoms with Crippen molar-refractivity contribution in [3.8, 4) is 11.5 Å². The van der Waals surface area contributed by atoms with Crippen LogP contribution in [0.25, 0.3) is 0 Å². The Bertz CT molecular complexity index is 476. The maximum absolute atomic E-state index is 12.2. The lowest BCUT2D eigenvalue weighted by Crippen LogP contribution is -2.51. The number of phenolic OH excluding ortho intramolecular Hbond substituents is 2. The van der Waals surface area contributed by atoms with E-state index in [0.717, 1.165) is 19.6 Å². The Labute approximate surface area is 113 Å². The number of Topliss-reactive ketones (excluding diaryl/α,β-unsaturated/α-hetero) is 1. The molecule has 1 saturated heterocycles. The fraction of sp³-hybridized carbons (Fsp3) is 0.500. The molecule has 0 aromatic heterocycles. The summed E-state index contributed by atoms with van der Waals surface area (Å²) in [4.78, 5) is 16.5. The third-order valence-electron chi connectivity index (χ3n) is 3.61. The van der Waals surface area contributed by atoms with Crippen molar-refractivity contribution in [3.05, 3.63) is 23.8 Å². The molecule has 0 radical (unpaired) electrons. The van der Waals surface area contributed by atoms with Crippen molar-refractivity contribution in [3.63, 3.8) is 0 Å². The molecule has 5 heteroatoms. The molecule has 0 amide bonds. The first-order valence-electron chi connectivity index (χ1n) is 6.45. The highest BCUT2D eigenvalue weighted by Crippen LogP contribution is 2.25. The van der Waals surface area contributed by atoms with Crippen molar-refractivity contribution in [2.75, 3.05) is 33.2 Å². The van der Waals surface area contributed by atoms with Gasteiger partial charge in [0, 0.05) is 31.2 Å². The Balaban J connectivity index is 2.02. The second kappa shape index (κ2) is 5.59. The molecule has 1 atom stereocenters. The van der Waals surface area contributed by atoms with Gasteiger partial charge >= 0.3 is 0 Å². The van der Waals surface area contributed by atoms with E-state index in [9.17, 15) is 15.0 Å². The molecule has 1 aromatic carbocycles. The minimum absolute atomic E-state index is 0.0355. The first-order chi connectivity index (χ1) is 8.97. The molecule has 1 aliphatic heterocycles. The van der Waals surface area contributed by atoms with Crippen molar-refractivity contribution in [1.29, 1.82) is 0 Å². The molecular formula is C14H20N2O3. The zero-order valence-corrected chi connectivity index (χ0v) is 11.3. The Morgan fingerprint density at radius 2 is 2.05 bits per heavy atom. The first-order valence-corrected chi connectivity index (χ1v) is 6.45. The van der Waals surface area contributed by atoms with Crippen LogP contribution in [-0.2, 0) is 0 Å². The van der Waals surface area contributed by atoms with E-state index in [1.807, 2.05) is 0 Å². The van der Waals surface area contributed by atoms with E-state index in [1.165, 1.54) is 18.2 Å². The Morgan fingerprint density at radius 1 is 1.32 bits per heavy atom. The third-order valence-corrected chi connectivity index (χ3v) is 3.61. The predicted octanol–water partition coefficient (Wildman–Crippen LogP) is 0.916. The molecule has 1 aromatic rings. The van der Waals surface area contributed by atoms with E-state index in [0.29, 0.717) is 18.2 Å². The van der Waals surface area contributed by atoms with E-state index in [1.54, 1.807) is 0 Å². The van der Waals surface area contributed by atoms with E-state index >= 15 is 0 Å². The van der Waals surface area contributed by atoms with Crippen LogP contribution in [0.5, 0.6) is 11.5 Å². The zero-order valence-electron chi connectivity index (χ0n) is 11.3. The number of carbonyl (C=O) groups is 1. The molecule has 0 saturated carbocycles. The van der Waals surface area contributed by atoms with Gasteiger partial charge in [-0.05, 0) is 32.2 Å². The maximum atomic E-state index is 12.2. The Morgan fingerprint density at radius 3 is 2.68 bits per heavy atom. The van der Waals surface area contributed by atoms with Gasteiger partial charge in [-0.1, -0.05) is 0 Å². The molecule has 0 spiro atoms. The summed E-state index contributed by atoms with van der Waals surface area (Å²) in [6.45, 7) is 5.23. The van der Waals surface area contributed by atoms with Crippen molar-refractivity contribution in [1.82, 2.24) is 9.80 Å². The van der Waals surface area contributed by atoms with E-state index in [2.05, 4.69) is 23.8 Å². The summed E-state index contributed by atoms with van der Waals surface area (Å²) in [6, 6.07) is 4.54. The quantitative estimate of drug-likeness (QED) is 0.628. The summed E-state index contributed by atoms with van der Waals surface area (Å²) >= 11 is 0. The largest absolute Gasteiger partial charge is 0.504 e. The SMILES string of the molecule is CC1CN(C)CCN1CC(=O)c1ccc(O)c(O)c1. The molecule has 19 heavy (non-hydrogen) atoms. The molecule has 2 N–H and O–H groups in total. The van der Waals surface area contributed by atoms with Gasteiger partial charge in [-0.3, -0.25) is 9.69 Å². The normalized spacial score (nSPS) is 21.5. The second-order valence-corrected chi connectivity index (χ2v) is 5.21. The Kier molecular flexibility index (Phi) is 4.07. The molecule has 5 nitrogen and oxygen atoms in total. The van der Waals surface area contributed by atoms with Gasteiger partial charge in [0.25, 0.3) is 0 Å². The fourth-order valence-corrected chi connectivity index (χ4v) is 2.38. The van der Waals surface area contributed by atoms with Gasteiger partial charge in [0.1, 0.15) is 0 Å². The van der Waals surface area contributed by atoms with Gasteiger partial charge < -0.3 is 15.1 Å². The van der Waals surface area contributed by atoms with E-state index < -0.39 is 0 Å². The number of ketones is 1. The van der Waals surface area contributed by atoms with Gasteiger partial charge in [0.05, 0.1) is 6.54 Å². The highest BCUT2D eigenvalue weighted by Gasteiger charge is 2.23. The highest BCUT2D eigenvalue weighted by molar-refractivity contribution is 5.98. The van der Waals surface area contributed by atoms with Gasteiger partial charge in [-0.25, -0.2) is 0 Å². The number of rotatable bonds is 3. The first kappa shape index (κ1) is 13.8. The summed E-state index contributed by atoms with van der Waals surface area (Å²) in [6.07, 6.45) is 0. The molecule has 2 rings (SSSR count). The van der Waals surface area contributed by atoms with Crippen LogP contribution in [0.4, 0.5) is 0 Å². The summed E-state index contributed by atoms with van der Waals surface area (Å²) in [5.41, 5.74) is 0.432. The monoisotopic (exact) mass is 264 g/mol. The van der Waals surface area contributed by atoms with Crippen LogP contribution in [-0.4, -0.2) is 65.1 Å². The molecule has 104 valence electrons. The van der Waals surface area contributed by atoms with Crippen LogP contribution in [0.15, 0.2) is 18.2 Å². The topological polar surface area (TPSA) is 64.0 Å². The molecule has 1 aliphatic rings. The summed E-state index contributed by atoms with van der Waals surface area (Å²) in [5, 5.41) is 18.7. The second-order valence-electron chi connectivity index (χ2n) is 5.21. The number of likely N-dealkylation sites (N-methyl/N-ethyl adjacent to an activating group) is 1. The maximum Gasteiger partial charge on any atom is 0.176 e. The van der Waals surface area contributed by atoms with Crippen LogP contribution < -0.4 is 0 Å². The van der Waals surface area contributed by atoms with Crippen LogP contribution in [0, 0.1) is 0 Å². The van der Waals surface area contributed by atoms with E-state index in [-0.39, 0.29) is 17.3 Å². The van der Waals surface area contributed by atoms with Crippen LogP contribution in [0.3, 0.4) is 0 Å². The minimum atomic E-state index is -0.253. The number of hydrogen-bond donors (Lipinski definition) is 2. The number of hydrogen-bond acceptors (Lipinski definition) is 5. The third kappa shape index (κ3) is 3.24. The lowest BCUT2D eigenvalue weighted by molar-refractivity contribution is 0.0747. The smallest absolute Gasteiger partial charge is 0.176 e. The van der Waals surface area contributed by atoms with Crippen molar-refractivity contribution < 1.29 is 15.0 Å². The number of aromatic hydroxyl groups is 2. The van der Waals surface area contributed by atoms with Gasteiger partial charge in [-0.2, -0.15) is 0 Å². The zero-order chi connectivity index (χ0) is 14.0. The molecule has 0 aliphatic carbocycles. The van der Waals surface area contributed by atoms with Crippen LogP contribution in [0.1, 0.15) is 17.3 Å². The van der Waals surface area contributed by atoms with E-state index in [4.69, 9.17) is 0 Å².